The molecule has 0 aliphatic carbocycles. The molecule has 5 heteroatoms. The van der Waals surface area contributed by atoms with Gasteiger partial charge in [0, 0.05) is 18.5 Å². The Morgan fingerprint density at radius 2 is 1.00 bits per heavy atom. The molecule has 20 heavy (non-hydrogen) atoms. The van der Waals surface area contributed by atoms with E-state index in [4.69, 9.17) is 18.9 Å². The van der Waals surface area contributed by atoms with Gasteiger partial charge >= 0.3 is 0 Å². The Kier molecular flexibility index (Phi) is 19.6. The van der Waals surface area contributed by atoms with Gasteiger partial charge in [-0.25, -0.2) is 0 Å². The molecular formula is C15H31BrO4. The Bertz CT molecular complexity index is 152. The van der Waals surface area contributed by atoms with Crippen molar-refractivity contribution in [2.24, 2.45) is 0 Å². The van der Waals surface area contributed by atoms with E-state index in [-0.39, 0.29) is 0 Å². The lowest BCUT2D eigenvalue weighted by atomic mass is 10.3. The third-order valence-electron chi connectivity index (χ3n) is 2.68. The summed E-state index contributed by atoms with van der Waals surface area (Å²) in [7, 11) is 0. The lowest BCUT2D eigenvalue weighted by Gasteiger charge is -2.07. The Hall–Kier alpha value is 0.320. The molecule has 0 aliphatic heterocycles. The van der Waals surface area contributed by atoms with Crippen molar-refractivity contribution < 1.29 is 18.9 Å². The van der Waals surface area contributed by atoms with Crippen molar-refractivity contribution in [2.75, 3.05) is 58.2 Å². The second-order valence-corrected chi connectivity index (χ2v) is 5.35. The number of halogens is 1. The van der Waals surface area contributed by atoms with Crippen LogP contribution < -0.4 is 0 Å². The fraction of sp³-hybridized carbons (Fsp3) is 1.00. The average molecular weight is 355 g/mol. The molecule has 0 radical (unpaired) electrons. The van der Waals surface area contributed by atoms with Gasteiger partial charge in [0.2, 0.25) is 0 Å². The topological polar surface area (TPSA) is 36.9 Å². The number of ether oxygens (including phenoxy) is 4. The molecule has 0 atom stereocenters. The Labute approximate surface area is 132 Å². The monoisotopic (exact) mass is 354 g/mol. The van der Waals surface area contributed by atoms with Gasteiger partial charge in [0.05, 0.1) is 39.6 Å². The average Bonchev–Trinajstić information content (AvgIpc) is 2.47. The second kappa shape index (κ2) is 19.3. The molecule has 122 valence electrons. The van der Waals surface area contributed by atoms with E-state index < -0.39 is 0 Å². The number of hydrogen-bond acceptors (Lipinski definition) is 4. The highest BCUT2D eigenvalue weighted by atomic mass is 79.9. The highest BCUT2D eigenvalue weighted by Gasteiger charge is 1.93. The molecule has 0 fully saturated rings. The van der Waals surface area contributed by atoms with Crippen molar-refractivity contribution in [2.45, 2.75) is 39.0 Å². The lowest BCUT2D eigenvalue weighted by Crippen LogP contribution is -2.12. The van der Waals surface area contributed by atoms with Crippen LogP contribution in [0.3, 0.4) is 0 Å². The molecule has 0 aromatic carbocycles. The zero-order valence-corrected chi connectivity index (χ0v) is 14.5. The summed E-state index contributed by atoms with van der Waals surface area (Å²) in [5.41, 5.74) is 0. The normalized spacial score (nSPS) is 11.1. The standard InChI is InChI=1S/C15H31BrO4/c1-2-3-8-17-10-12-19-14-15-20-13-11-18-9-6-4-5-7-16/h2-15H2,1H3. The minimum atomic E-state index is 0.627. The van der Waals surface area contributed by atoms with Crippen LogP contribution in [-0.4, -0.2) is 58.2 Å². The molecule has 0 saturated carbocycles. The van der Waals surface area contributed by atoms with Crippen LogP contribution in [0.5, 0.6) is 0 Å². The molecule has 0 amide bonds. The van der Waals surface area contributed by atoms with Gasteiger partial charge in [-0.1, -0.05) is 35.7 Å². The summed E-state index contributed by atoms with van der Waals surface area (Å²) in [6.07, 6.45) is 5.87. The number of alkyl halides is 1. The van der Waals surface area contributed by atoms with Crippen LogP contribution in [0.25, 0.3) is 0 Å². The molecular weight excluding hydrogens is 324 g/mol. The maximum atomic E-state index is 5.46. The van der Waals surface area contributed by atoms with E-state index in [2.05, 4.69) is 22.9 Å². The highest BCUT2D eigenvalue weighted by Crippen LogP contribution is 1.98. The SMILES string of the molecule is CCCCOCCOCCOCCOCCCCCBr. The summed E-state index contributed by atoms with van der Waals surface area (Å²) >= 11 is 3.41. The van der Waals surface area contributed by atoms with Crippen LogP contribution in [0.1, 0.15) is 39.0 Å². The molecule has 0 aliphatic rings. The maximum Gasteiger partial charge on any atom is 0.0701 e. The van der Waals surface area contributed by atoms with Gasteiger partial charge in [-0.2, -0.15) is 0 Å². The highest BCUT2D eigenvalue weighted by molar-refractivity contribution is 9.09. The zero-order chi connectivity index (χ0) is 14.7. The third kappa shape index (κ3) is 18.3. The summed E-state index contributed by atoms with van der Waals surface area (Å²) in [5.74, 6) is 0. The number of hydrogen-bond donors (Lipinski definition) is 0. The quantitative estimate of drug-likeness (QED) is 0.296. The van der Waals surface area contributed by atoms with Gasteiger partial charge in [0.1, 0.15) is 0 Å². The Morgan fingerprint density at radius 3 is 1.45 bits per heavy atom. The predicted octanol–water partition coefficient (Wildman–Crippen LogP) is 3.42. The van der Waals surface area contributed by atoms with Gasteiger partial charge in [-0.15, -0.1) is 0 Å². The van der Waals surface area contributed by atoms with Gasteiger partial charge in [0.25, 0.3) is 0 Å². The minimum absolute atomic E-state index is 0.627. The zero-order valence-electron chi connectivity index (χ0n) is 12.9. The largest absolute Gasteiger partial charge is 0.379 e. The van der Waals surface area contributed by atoms with E-state index in [1.165, 1.54) is 19.3 Å². The maximum absolute atomic E-state index is 5.46. The summed E-state index contributed by atoms with van der Waals surface area (Å²) in [6, 6.07) is 0. The number of rotatable bonds is 17. The van der Waals surface area contributed by atoms with E-state index in [0.29, 0.717) is 39.6 Å². The van der Waals surface area contributed by atoms with Crippen LogP contribution in [0.4, 0.5) is 0 Å². The van der Waals surface area contributed by atoms with E-state index in [1.54, 1.807) is 0 Å². The summed E-state index contributed by atoms with van der Waals surface area (Å²) < 4.78 is 21.6. The Morgan fingerprint density at radius 1 is 0.550 bits per heavy atom. The first-order chi connectivity index (χ1) is 9.91. The second-order valence-electron chi connectivity index (χ2n) is 4.55. The van der Waals surface area contributed by atoms with Crippen LogP contribution in [0.15, 0.2) is 0 Å². The van der Waals surface area contributed by atoms with E-state index in [1.807, 2.05) is 0 Å². The molecule has 0 saturated heterocycles. The minimum Gasteiger partial charge on any atom is -0.379 e. The van der Waals surface area contributed by atoms with Gasteiger partial charge in [0.15, 0.2) is 0 Å². The van der Waals surface area contributed by atoms with E-state index >= 15 is 0 Å². The molecule has 0 spiro atoms. The first-order valence-corrected chi connectivity index (χ1v) is 8.91. The molecule has 0 heterocycles. The summed E-state index contributed by atoms with van der Waals surface area (Å²) in [5, 5.41) is 1.08. The van der Waals surface area contributed by atoms with Crippen LogP contribution in [0, 0.1) is 0 Å². The molecule has 0 N–H and O–H groups in total. The van der Waals surface area contributed by atoms with Crippen molar-refractivity contribution in [3.63, 3.8) is 0 Å². The summed E-state index contributed by atoms with van der Waals surface area (Å²) in [6.45, 7) is 7.73. The van der Waals surface area contributed by atoms with Crippen molar-refractivity contribution in [3.05, 3.63) is 0 Å². The van der Waals surface area contributed by atoms with Crippen molar-refractivity contribution >= 4 is 15.9 Å². The van der Waals surface area contributed by atoms with Gasteiger partial charge < -0.3 is 18.9 Å². The summed E-state index contributed by atoms with van der Waals surface area (Å²) in [4.78, 5) is 0. The van der Waals surface area contributed by atoms with Crippen LogP contribution >= 0.6 is 15.9 Å². The molecule has 0 bridgehead atoms. The fourth-order valence-electron chi connectivity index (χ4n) is 1.48. The predicted molar refractivity (Wildman–Crippen MR) is 85.8 cm³/mol. The smallest absolute Gasteiger partial charge is 0.0701 e. The number of unbranched alkanes of at least 4 members (excludes halogenated alkanes) is 3. The van der Waals surface area contributed by atoms with Crippen LogP contribution in [-0.2, 0) is 18.9 Å². The first-order valence-electron chi connectivity index (χ1n) is 7.78. The molecule has 0 rings (SSSR count). The van der Waals surface area contributed by atoms with E-state index in [9.17, 15) is 0 Å². The lowest BCUT2D eigenvalue weighted by molar-refractivity contribution is -0.00235. The van der Waals surface area contributed by atoms with Crippen molar-refractivity contribution in [1.82, 2.24) is 0 Å². The Balaban J connectivity index is 2.89. The van der Waals surface area contributed by atoms with Gasteiger partial charge in [-0.3, -0.25) is 0 Å². The van der Waals surface area contributed by atoms with Crippen LogP contribution in [0.2, 0.25) is 0 Å². The third-order valence-corrected chi connectivity index (χ3v) is 3.24. The molecule has 0 aromatic rings. The first kappa shape index (κ1) is 20.3. The van der Waals surface area contributed by atoms with Gasteiger partial charge in [-0.05, 0) is 19.3 Å². The molecule has 4 nitrogen and oxygen atoms in total. The van der Waals surface area contributed by atoms with Crippen molar-refractivity contribution in [3.8, 4) is 0 Å². The fourth-order valence-corrected chi connectivity index (χ4v) is 1.88. The molecule has 0 aromatic heterocycles. The molecule has 0 unspecified atom stereocenters. The van der Waals surface area contributed by atoms with E-state index in [0.717, 1.165) is 31.4 Å². The van der Waals surface area contributed by atoms with Crippen molar-refractivity contribution in [1.29, 1.82) is 0 Å².